The van der Waals surface area contributed by atoms with E-state index in [0.717, 1.165) is 4.47 Å². The minimum Gasteiger partial charge on any atom is -0.435 e. The van der Waals surface area contributed by atoms with Crippen molar-refractivity contribution in [3.8, 4) is 12.1 Å². The van der Waals surface area contributed by atoms with Gasteiger partial charge in [0.15, 0.2) is 5.60 Å². The van der Waals surface area contributed by atoms with E-state index in [-0.39, 0.29) is 11.9 Å². The number of halogens is 1. The number of carbonyl (C=O) groups excluding carboxylic acids is 2. The van der Waals surface area contributed by atoms with Crippen molar-refractivity contribution in [1.82, 2.24) is 20.5 Å². The SMILES string of the molecule is C[C@@H](CC1(C#N)CCC2(CC1)OC(=O)NN=C2c1cc(C#N)ccc1Br)NC(=O)c1cnn(C)c1. The molecule has 2 aliphatic rings. The first-order valence-corrected chi connectivity index (χ1v) is 12.0. The molecule has 1 aliphatic heterocycles. The molecule has 1 atom stereocenters. The van der Waals surface area contributed by atoms with Crippen molar-refractivity contribution in [2.45, 2.75) is 50.7 Å². The van der Waals surface area contributed by atoms with Gasteiger partial charge in [0.05, 0.1) is 34.9 Å². The lowest BCUT2D eigenvalue weighted by Crippen LogP contribution is -2.54. The van der Waals surface area contributed by atoms with E-state index in [1.165, 1.54) is 6.20 Å². The molecule has 0 unspecified atom stereocenters. The molecule has 2 N–H and O–H groups in total. The van der Waals surface area contributed by atoms with E-state index in [0.29, 0.717) is 54.5 Å². The molecule has 35 heavy (non-hydrogen) atoms. The highest BCUT2D eigenvalue weighted by Gasteiger charge is 2.51. The third kappa shape index (κ3) is 4.91. The van der Waals surface area contributed by atoms with Gasteiger partial charge in [-0.15, -0.1) is 0 Å². The van der Waals surface area contributed by atoms with Crippen LogP contribution in [0.2, 0.25) is 0 Å². The van der Waals surface area contributed by atoms with E-state index in [9.17, 15) is 20.1 Å². The number of carbonyl (C=O) groups is 2. The number of nitrogens with one attached hydrogen (secondary N) is 2. The van der Waals surface area contributed by atoms with E-state index in [1.54, 1.807) is 36.1 Å². The van der Waals surface area contributed by atoms with Crippen LogP contribution in [-0.4, -0.2) is 39.1 Å². The van der Waals surface area contributed by atoms with Gasteiger partial charge in [-0.1, -0.05) is 15.9 Å². The van der Waals surface area contributed by atoms with E-state index < -0.39 is 17.1 Å². The zero-order chi connectivity index (χ0) is 25.2. The van der Waals surface area contributed by atoms with E-state index >= 15 is 0 Å². The highest BCUT2D eigenvalue weighted by molar-refractivity contribution is 9.10. The molecule has 2 aromatic rings. The van der Waals surface area contributed by atoms with Gasteiger partial charge in [-0.05, 0) is 57.2 Å². The first-order chi connectivity index (χ1) is 16.7. The van der Waals surface area contributed by atoms with Crippen LogP contribution in [0, 0.1) is 28.1 Å². The average molecular weight is 538 g/mol. The highest BCUT2D eigenvalue weighted by atomic mass is 79.9. The molecule has 1 aromatic heterocycles. The molecule has 10 nitrogen and oxygen atoms in total. The predicted octanol–water partition coefficient (Wildman–Crippen LogP) is 3.53. The third-order valence-corrected chi connectivity index (χ3v) is 7.31. The second kappa shape index (κ2) is 9.51. The normalized spacial score (nSPS) is 24.4. The van der Waals surface area contributed by atoms with Crippen LogP contribution < -0.4 is 10.7 Å². The molecule has 11 heteroatoms. The quantitative estimate of drug-likeness (QED) is 0.596. The Kier molecular flexibility index (Phi) is 6.64. The van der Waals surface area contributed by atoms with E-state index in [4.69, 9.17) is 4.74 Å². The molecule has 1 spiro atoms. The Morgan fingerprint density at radius 2 is 2.09 bits per heavy atom. The largest absolute Gasteiger partial charge is 0.435 e. The van der Waals surface area contributed by atoms with Gasteiger partial charge in [-0.25, -0.2) is 10.2 Å². The van der Waals surface area contributed by atoms with E-state index in [2.05, 4.69) is 49.0 Å². The Morgan fingerprint density at radius 1 is 1.34 bits per heavy atom. The second-order valence-corrected chi connectivity index (χ2v) is 9.99. The minimum atomic E-state index is -1.01. The Labute approximate surface area is 211 Å². The molecule has 0 bridgehead atoms. The molecule has 1 saturated carbocycles. The fourth-order valence-electron chi connectivity index (χ4n) is 4.85. The number of aromatic nitrogens is 2. The van der Waals surface area contributed by atoms with Crippen molar-refractivity contribution in [3.63, 3.8) is 0 Å². The second-order valence-electron chi connectivity index (χ2n) is 9.14. The van der Waals surface area contributed by atoms with Crippen LogP contribution in [0.3, 0.4) is 0 Å². The van der Waals surface area contributed by atoms with Gasteiger partial charge >= 0.3 is 6.09 Å². The lowest BCUT2D eigenvalue weighted by molar-refractivity contribution is 0.00353. The predicted molar refractivity (Wildman–Crippen MR) is 129 cm³/mol. The van der Waals surface area contributed by atoms with Crippen LogP contribution in [0.25, 0.3) is 0 Å². The molecule has 1 aliphatic carbocycles. The van der Waals surface area contributed by atoms with Crippen molar-refractivity contribution in [2.75, 3.05) is 0 Å². The fraction of sp³-hybridized carbons (Fsp3) is 0.417. The Morgan fingerprint density at radius 3 is 2.71 bits per heavy atom. The van der Waals surface area contributed by atoms with Crippen LogP contribution >= 0.6 is 15.9 Å². The summed E-state index contributed by atoms with van der Waals surface area (Å²) in [4.78, 5) is 24.7. The zero-order valence-corrected chi connectivity index (χ0v) is 20.9. The Bertz CT molecular complexity index is 1280. The van der Waals surface area contributed by atoms with Gasteiger partial charge in [-0.3, -0.25) is 9.48 Å². The Hall–Kier alpha value is -3.70. The number of hydrogen-bond donors (Lipinski definition) is 2. The lowest BCUT2D eigenvalue weighted by atomic mass is 9.65. The molecule has 180 valence electrons. The summed E-state index contributed by atoms with van der Waals surface area (Å²) in [5.74, 6) is -0.241. The first-order valence-electron chi connectivity index (χ1n) is 11.2. The summed E-state index contributed by atoms with van der Waals surface area (Å²) in [5, 5.41) is 30.7. The summed E-state index contributed by atoms with van der Waals surface area (Å²) in [5.41, 5.74) is 2.76. The molecular formula is C24H24BrN7O3. The van der Waals surface area contributed by atoms with Gasteiger partial charge in [0.2, 0.25) is 0 Å². The fourth-order valence-corrected chi connectivity index (χ4v) is 5.28. The molecule has 4 rings (SSSR count). The highest BCUT2D eigenvalue weighted by Crippen LogP contribution is 2.47. The maximum Gasteiger partial charge on any atom is 0.428 e. The number of hydrazone groups is 1. The van der Waals surface area contributed by atoms with Crippen molar-refractivity contribution < 1.29 is 14.3 Å². The lowest BCUT2D eigenvalue weighted by Gasteiger charge is -2.45. The summed E-state index contributed by atoms with van der Waals surface area (Å²) in [6.45, 7) is 1.87. The van der Waals surface area contributed by atoms with Gasteiger partial charge < -0.3 is 10.1 Å². The zero-order valence-electron chi connectivity index (χ0n) is 19.3. The molecule has 2 heterocycles. The number of rotatable bonds is 5. The number of benzene rings is 1. The van der Waals surface area contributed by atoms with Crippen LogP contribution in [-0.2, 0) is 11.8 Å². The van der Waals surface area contributed by atoms with Crippen LogP contribution in [0.15, 0.2) is 40.2 Å². The monoisotopic (exact) mass is 537 g/mol. The number of aryl methyl sites for hydroxylation is 1. The smallest absolute Gasteiger partial charge is 0.428 e. The molecule has 0 saturated heterocycles. The summed E-state index contributed by atoms with van der Waals surface area (Å²) in [6, 6.07) is 9.49. The van der Waals surface area contributed by atoms with Gasteiger partial charge in [0, 0.05) is 29.3 Å². The maximum absolute atomic E-state index is 12.5. The molecular weight excluding hydrogens is 514 g/mol. The summed E-state index contributed by atoms with van der Waals surface area (Å²) in [6.07, 6.45) is 4.63. The van der Waals surface area contributed by atoms with Crippen LogP contribution in [0.5, 0.6) is 0 Å². The Balaban J connectivity index is 1.52. The van der Waals surface area contributed by atoms with Gasteiger partial charge in [0.1, 0.15) is 5.71 Å². The third-order valence-electron chi connectivity index (χ3n) is 6.62. The standard InChI is InChI=1S/C24H24BrN7O3/c1-15(29-21(33)17-12-28-32(2)13-17)10-23(14-27)5-7-24(8-6-23)20(30-31-22(34)35-24)18-9-16(11-26)3-4-19(18)25/h3-4,9,12-13,15H,5-8,10H2,1-2H3,(H,29,33)(H,31,34)/t15-,23?,24?/m0/s1. The van der Waals surface area contributed by atoms with E-state index in [1.807, 2.05) is 6.92 Å². The van der Waals surface area contributed by atoms with Gasteiger partial charge in [-0.2, -0.15) is 20.7 Å². The topological polar surface area (TPSA) is 145 Å². The van der Waals surface area contributed by atoms with Gasteiger partial charge in [0.25, 0.3) is 5.91 Å². The molecule has 1 aromatic carbocycles. The summed E-state index contributed by atoms with van der Waals surface area (Å²) in [7, 11) is 1.74. The number of amides is 2. The maximum atomic E-state index is 12.5. The van der Waals surface area contributed by atoms with Crippen molar-refractivity contribution in [3.05, 3.63) is 51.8 Å². The first kappa shape index (κ1) is 24.4. The van der Waals surface area contributed by atoms with Crippen molar-refractivity contribution >= 4 is 33.6 Å². The van der Waals surface area contributed by atoms with Crippen molar-refractivity contribution in [1.29, 1.82) is 10.5 Å². The van der Waals surface area contributed by atoms with Crippen molar-refractivity contribution in [2.24, 2.45) is 17.6 Å². The van der Waals surface area contributed by atoms with Crippen LogP contribution in [0.4, 0.5) is 4.79 Å². The number of ether oxygens (including phenoxy) is 1. The number of hydrogen-bond acceptors (Lipinski definition) is 7. The number of nitrogens with zero attached hydrogens (tertiary/aromatic N) is 5. The molecule has 0 radical (unpaired) electrons. The molecule has 1 fully saturated rings. The number of nitriles is 2. The minimum absolute atomic E-state index is 0.241. The molecule has 2 amide bonds. The summed E-state index contributed by atoms with van der Waals surface area (Å²) < 4.78 is 8.08. The average Bonchev–Trinajstić information content (AvgIpc) is 3.28. The van der Waals surface area contributed by atoms with Crippen LogP contribution in [0.1, 0.15) is 60.5 Å². The summed E-state index contributed by atoms with van der Waals surface area (Å²) >= 11 is 3.52.